The lowest BCUT2D eigenvalue weighted by atomic mass is 9.94. The summed E-state index contributed by atoms with van der Waals surface area (Å²) in [6, 6.07) is 4.76. The molecule has 2 nitrogen and oxygen atoms in total. The van der Waals surface area contributed by atoms with Crippen molar-refractivity contribution in [3.8, 4) is 0 Å². The highest BCUT2D eigenvalue weighted by Gasteiger charge is 2.13. The van der Waals surface area contributed by atoms with Crippen LogP contribution in [-0.4, -0.2) is 31.1 Å². The molecule has 2 heteroatoms. The van der Waals surface area contributed by atoms with Gasteiger partial charge in [0, 0.05) is 32.7 Å². The molecule has 0 spiro atoms. The predicted octanol–water partition coefficient (Wildman–Crippen LogP) is 2.83. The van der Waals surface area contributed by atoms with Crippen LogP contribution in [0.15, 0.2) is 12.1 Å². The lowest BCUT2D eigenvalue weighted by Gasteiger charge is -2.28. The van der Waals surface area contributed by atoms with Crippen molar-refractivity contribution in [1.82, 2.24) is 10.2 Å². The molecule has 1 heterocycles. The smallest absolute Gasteiger partial charge is 0.0237 e. The van der Waals surface area contributed by atoms with E-state index in [9.17, 15) is 0 Å². The van der Waals surface area contributed by atoms with Gasteiger partial charge in [-0.15, -0.1) is 0 Å². The maximum Gasteiger partial charge on any atom is 0.0237 e. The first kappa shape index (κ1) is 13.6. The van der Waals surface area contributed by atoms with E-state index in [-0.39, 0.29) is 0 Å². The lowest BCUT2D eigenvalue weighted by Crippen LogP contribution is -2.43. The Balaban J connectivity index is 2.19. The lowest BCUT2D eigenvalue weighted by molar-refractivity contribution is 0.232. The molecule has 0 aliphatic carbocycles. The van der Waals surface area contributed by atoms with Gasteiger partial charge in [-0.3, -0.25) is 4.90 Å². The molecule has 2 rings (SSSR count). The molecule has 0 bridgehead atoms. The zero-order chi connectivity index (χ0) is 13.1. The van der Waals surface area contributed by atoms with E-state index in [1.807, 2.05) is 0 Å². The predicted molar refractivity (Wildman–Crippen MR) is 78.2 cm³/mol. The van der Waals surface area contributed by atoms with Gasteiger partial charge in [0.15, 0.2) is 0 Å². The van der Waals surface area contributed by atoms with Gasteiger partial charge in [0.2, 0.25) is 0 Å². The van der Waals surface area contributed by atoms with E-state index in [4.69, 9.17) is 0 Å². The third kappa shape index (κ3) is 3.12. The van der Waals surface area contributed by atoms with Crippen molar-refractivity contribution in [2.24, 2.45) is 0 Å². The van der Waals surface area contributed by atoms with E-state index in [1.54, 1.807) is 0 Å². The summed E-state index contributed by atoms with van der Waals surface area (Å²) >= 11 is 0. The number of nitrogens with zero attached hydrogens (tertiary/aromatic N) is 1. The fourth-order valence-corrected chi connectivity index (χ4v) is 2.57. The monoisotopic (exact) mass is 246 g/mol. The van der Waals surface area contributed by atoms with Crippen LogP contribution in [0.2, 0.25) is 0 Å². The van der Waals surface area contributed by atoms with Crippen molar-refractivity contribution < 1.29 is 0 Å². The van der Waals surface area contributed by atoms with E-state index >= 15 is 0 Å². The fraction of sp³-hybridized carbons (Fsp3) is 0.625. The zero-order valence-electron chi connectivity index (χ0n) is 12.2. The molecule has 1 aromatic rings. The molecule has 0 aromatic heterocycles. The highest BCUT2D eigenvalue weighted by Crippen LogP contribution is 2.23. The van der Waals surface area contributed by atoms with Gasteiger partial charge in [0.1, 0.15) is 0 Å². The minimum absolute atomic E-state index is 0.617. The number of piperazine rings is 1. The first-order valence-electron chi connectivity index (χ1n) is 7.11. The van der Waals surface area contributed by atoms with Gasteiger partial charge < -0.3 is 5.32 Å². The van der Waals surface area contributed by atoms with E-state index in [0.29, 0.717) is 5.92 Å². The summed E-state index contributed by atoms with van der Waals surface area (Å²) in [5.41, 5.74) is 5.90. The van der Waals surface area contributed by atoms with Gasteiger partial charge in [-0.05, 0) is 42.0 Å². The molecule has 1 aliphatic heterocycles. The molecule has 100 valence electrons. The largest absolute Gasteiger partial charge is 0.314 e. The van der Waals surface area contributed by atoms with E-state index in [1.165, 1.54) is 35.3 Å². The van der Waals surface area contributed by atoms with Gasteiger partial charge in [-0.25, -0.2) is 0 Å². The molecule has 18 heavy (non-hydrogen) atoms. The Hall–Kier alpha value is -0.860. The van der Waals surface area contributed by atoms with Crippen LogP contribution in [0.3, 0.4) is 0 Å². The highest BCUT2D eigenvalue weighted by molar-refractivity contribution is 5.38. The summed E-state index contributed by atoms with van der Waals surface area (Å²) < 4.78 is 0. The third-order valence-electron chi connectivity index (χ3n) is 4.07. The Kier molecular flexibility index (Phi) is 4.41. The molecular weight excluding hydrogens is 220 g/mol. The van der Waals surface area contributed by atoms with Crippen LogP contribution in [0.5, 0.6) is 0 Å². The van der Waals surface area contributed by atoms with Crippen LogP contribution >= 0.6 is 0 Å². The maximum absolute atomic E-state index is 3.41. The van der Waals surface area contributed by atoms with Crippen molar-refractivity contribution in [1.29, 1.82) is 0 Å². The van der Waals surface area contributed by atoms with E-state index in [2.05, 4.69) is 50.0 Å². The van der Waals surface area contributed by atoms with Crippen LogP contribution < -0.4 is 5.32 Å². The minimum atomic E-state index is 0.617. The highest BCUT2D eigenvalue weighted by atomic mass is 15.2. The summed E-state index contributed by atoms with van der Waals surface area (Å²) in [5.74, 6) is 0.617. The molecule has 1 fully saturated rings. The summed E-state index contributed by atoms with van der Waals surface area (Å²) in [4.78, 5) is 2.56. The Morgan fingerprint density at radius 2 is 1.83 bits per heavy atom. The van der Waals surface area contributed by atoms with Gasteiger partial charge in [-0.1, -0.05) is 26.0 Å². The summed E-state index contributed by atoms with van der Waals surface area (Å²) in [6.07, 6.45) is 0. The number of hydrogen-bond acceptors (Lipinski definition) is 2. The number of hydrogen-bond donors (Lipinski definition) is 1. The van der Waals surface area contributed by atoms with E-state index in [0.717, 1.165) is 19.6 Å². The number of nitrogens with one attached hydrogen (secondary N) is 1. The SMILES string of the molecule is Cc1cc(C(C)C)cc(CN2CCNCC2)c1C. The average molecular weight is 246 g/mol. The second-order valence-corrected chi connectivity index (χ2v) is 5.80. The number of rotatable bonds is 3. The summed E-state index contributed by atoms with van der Waals surface area (Å²) in [6.45, 7) is 14.8. The topological polar surface area (TPSA) is 15.3 Å². The molecule has 0 radical (unpaired) electrons. The quantitative estimate of drug-likeness (QED) is 0.882. The molecule has 0 amide bonds. The minimum Gasteiger partial charge on any atom is -0.314 e. The number of benzene rings is 1. The fourth-order valence-electron chi connectivity index (χ4n) is 2.57. The maximum atomic E-state index is 3.41. The van der Waals surface area contributed by atoms with Gasteiger partial charge in [0.05, 0.1) is 0 Å². The van der Waals surface area contributed by atoms with Crippen LogP contribution in [0.4, 0.5) is 0 Å². The number of aryl methyl sites for hydroxylation is 1. The zero-order valence-corrected chi connectivity index (χ0v) is 12.2. The van der Waals surface area contributed by atoms with Crippen molar-refractivity contribution >= 4 is 0 Å². The Bertz CT molecular complexity index is 404. The van der Waals surface area contributed by atoms with Crippen LogP contribution in [0, 0.1) is 13.8 Å². The Morgan fingerprint density at radius 1 is 1.17 bits per heavy atom. The van der Waals surface area contributed by atoms with Crippen LogP contribution in [0.25, 0.3) is 0 Å². The summed E-state index contributed by atoms with van der Waals surface area (Å²) in [7, 11) is 0. The van der Waals surface area contributed by atoms with Crippen molar-refractivity contribution in [3.63, 3.8) is 0 Å². The molecule has 0 unspecified atom stereocenters. The van der Waals surface area contributed by atoms with Gasteiger partial charge in [-0.2, -0.15) is 0 Å². The average Bonchev–Trinajstić information content (AvgIpc) is 2.35. The van der Waals surface area contributed by atoms with E-state index < -0.39 is 0 Å². The van der Waals surface area contributed by atoms with Gasteiger partial charge in [0.25, 0.3) is 0 Å². The normalized spacial score (nSPS) is 17.4. The second-order valence-electron chi connectivity index (χ2n) is 5.80. The molecule has 1 N–H and O–H groups in total. The second kappa shape index (κ2) is 5.85. The molecular formula is C16H26N2. The van der Waals surface area contributed by atoms with Crippen LogP contribution in [0.1, 0.15) is 42.0 Å². The first-order valence-corrected chi connectivity index (χ1v) is 7.11. The Morgan fingerprint density at radius 3 is 2.44 bits per heavy atom. The third-order valence-corrected chi connectivity index (χ3v) is 4.07. The Labute approximate surface area is 111 Å². The molecule has 1 aliphatic rings. The first-order chi connectivity index (χ1) is 8.58. The summed E-state index contributed by atoms with van der Waals surface area (Å²) in [5, 5.41) is 3.41. The van der Waals surface area contributed by atoms with Crippen molar-refractivity contribution in [2.45, 2.75) is 40.2 Å². The molecule has 0 atom stereocenters. The van der Waals surface area contributed by atoms with Gasteiger partial charge >= 0.3 is 0 Å². The van der Waals surface area contributed by atoms with Crippen molar-refractivity contribution in [2.75, 3.05) is 26.2 Å². The standard InChI is InChI=1S/C16H26N2/c1-12(2)15-9-13(3)14(4)16(10-15)11-18-7-5-17-6-8-18/h9-10,12,17H,5-8,11H2,1-4H3. The molecule has 1 saturated heterocycles. The van der Waals surface area contributed by atoms with Crippen molar-refractivity contribution in [3.05, 3.63) is 34.4 Å². The molecule has 0 saturated carbocycles. The molecule has 1 aromatic carbocycles. The van der Waals surface area contributed by atoms with Crippen LogP contribution in [-0.2, 0) is 6.54 Å².